The molecule has 1 N–H and O–H groups in total. The molecule has 0 aromatic heterocycles. The fraction of sp³-hybridized carbons (Fsp3) is 0.182. The Morgan fingerprint density at radius 1 is 0.571 bits per heavy atom. The van der Waals surface area contributed by atoms with E-state index in [0.717, 1.165) is 4.90 Å². The van der Waals surface area contributed by atoms with Crippen molar-refractivity contribution in [1.82, 2.24) is 0 Å². The lowest BCUT2D eigenvalue weighted by molar-refractivity contribution is -0.207. The van der Waals surface area contributed by atoms with Crippen LogP contribution in [0.1, 0.15) is 31.1 Å². The lowest BCUT2D eigenvalue weighted by atomic mass is 9.98. The molecule has 0 spiro atoms. The molecule has 0 radical (unpaired) electrons. The largest absolute Gasteiger partial charge is 0.452 e. The molecule has 0 amide bonds. The van der Waals surface area contributed by atoms with Gasteiger partial charge in [0.05, 0.1) is 23.3 Å². The zero-order valence-corrected chi connectivity index (χ0v) is 23.2. The SMILES string of the molecule is O=C(O[C@H]1[C@@H](OC(=O)c2ccccc2)[C@@H](CO)O[C@@H](Sc2ccccc2)[C@@H]1OC(=O)c1ccccc1)c1ccccc1. The Bertz CT molecular complexity index is 1470. The van der Waals surface area contributed by atoms with E-state index in [2.05, 4.69) is 0 Å². The molecule has 1 aliphatic heterocycles. The van der Waals surface area contributed by atoms with E-state index in [1.807, 2.05) is 30.3 Å². The molecule has 0 bridgehead atoms. The van der Waals surface area contributed by atoms with Gasteiger partial charge in [-0.05, 0) is 48.5 Å². The monoisotopic (exact) mass is 584 g/mol. The maximum atomic E-state index is 13.4. The van der Waals surface area contributed by atoms with Gasteiger partial charge in [0.1, 0.15) is 11.5 Å². The minimum atomic E-state index is -1.33. The second-order valence-corrected chi connectivity index (χ2v) is 10.5. The van der Waals surface area contributed by atoms with E-state index in [1.54, 1.807) is 91.0 Å². The number of carbonyl (C=O) groups is 3. The summed E-state index contributed by atoms with van der Waals surface area (Å²) in [6, 6.07) is 34.2. The third-order valence-electron chi connectivity index (χ3n) is 6.52. The zero-order valence-electron chi connectivity index (χ0n) is 22.4. The number of carbonyl (C=O) groups excluding carboxylic acids is 3. The minimum Gasteiger partial charge on any atom is -0.452 e. The fourth-order valence-corrected chi connectivity index (χ4v) is 5.58. The number of rotatable bonds is 9. The second-order valence-electron chi connectivity index (χ2n) is 9.36. The lowest BCUT2D eigenvalue weighted by Gasteiger charge is -2.44. The minimum absolute atomic E-state index is 0.248. The Balaban J connectivity index is 1.54. The van der Waals surface area contributed by atoms with Crippen LogP contribution in [0.15, 0.2) is 126 Å². The molecule has 214 valence electrons. The molecule has 1 heterocycles. The third-order valence-corrected chi connectivity index (χ3v) is 7.68. The maximum absolute atomic E-state index is 13.4. The van der Waals surface area contributed by atoms with E-state index in [0.29, 0.717) is 0 Å². The molecule has 0 saturated carbocycles. The molecule has 1 saturated heterocycles. The van der Waals surface area contributed by atoms with Gasteiger partial charge in [-0.1, -0.05) is 84.6 Å². The zero-order chi connectivity index (χ0) is 29.3. The molecule has 8 nitrogen and oxygen atoms in total. The highest BCUT2D eigenvalue weighted by atomic mass is 32.2. The van der Waals surface area contributed by atoms with Crippen LogP contribution in [-0.4, -0.2) is 59.5 Å². The molecular formula is C33H28O8S. The summed E-state index contributed by atoms with van der Waals surface area (Å²) in [5.74, 6) is -2.12. The van der Waals surface area contributed by atoms with E-state index in [-0.39, 0.29) is 16.7 Å². The first kappa shape index (κ1) is 29.1. The molecule has 1 aliphatic rings. The summed E-state index contributed by atoms with van der Waals surface area (Å²) in [5.41, 5.74) is -0.160. The van der Waals surface area contributed by atoms with Crippen molar-refractivity contribution >= 4 is 29.7 Å². The van der Waals surface area contributed by atoms with Crippen LogP contribution in [0.2, 0.25) is 0 Å². The van der Waals surface area contributed by atoms with E-state index in [1.165, 1.54) is 11.8 Å². The van der Waals surface area contributed by atoms with Crippen molar-refractivity contribution in [1.29, 1.82) is 0 Å². The predicted molar refractivity (Wildman–Crippen MR) is 155 cm³/mol. The van der Waals surface area contributed by atoms with E-state index in [4.69, 9.17) is 18.9 Å². The van der Waals surface area contributed by atoms with Gasteiger partial charge in [-0.3, -0.25) is 0 Å². The lowest BCUT2D eigenvalue weighted by Crippen LogP contribution is -2.61. The Kier molecular flexibility index (Phi) is 9.66. The van der Waals surface area contributed by atoms with Gasteiger partial charge < -0.3 is 24.1 Å². The molecule has 42 heavy (non-hydrogen) atoms. The highest BCUT2D eigenvalue weighted by Gasteiger charge is 2.52. The van der Waals surface area contributed by atoms with Crippen LogP contribution in [0.4, 0.5) is 0 Å². The molecule has 1 fully saturated rings. The van der Waals surface area contributed by atoms with Crippen LogP contribution in [0, 0.1) is 0 Å². The van der Waals surface area contributed by atoms with Gasteiger partial charge in [-0.25, -0.2) is 14.4 Å². The molecule has 0 aliphatic carbocycles. The van der Waals surface area contributed by atoms with Crippen LogP contribution < -0.4 is 0 Å². The van der Waals surface area contributed by atoms with E-state index >= 15 is 0 Å². The van der Waals surface area contributed by atoms with Gasteiger partial charge in [-0.2, -0.15) is 0 Å². The van der Waals surface area contributed by atoms with Crippen molar-refractivity contribution in [2.24, 2.45) is 0 Å². The van der Waals surface area contributed by atoms with Crippen LogP contribution in [0.3, 0.4) is 0 Å². The number of aliphatic hydroxyl groups is 1. The topological polar surface area (TPSA) is 108 Å². The Hall–Kier alpha value is -4.44. The molecule has 9 heteroatoms. The second kappa shape index (κ2) is 14.0. The quantitative estimate of drug-likeness (QED) is 0.210. The molecule has 4 aromatic rings. The molecule has 0 unspecified atom stereocenters. The summed E-state index contributed by atoms with van der Waals surface area (Å²) in [5, 5.41) is 10.4. The number of thioether (sulfide) groups is 1. The number of hydrogen-bond donors (Lipinski definition) is 1. The summed E-state index contributed by atoms with van der Waals surface area (Å²) in [7, 11) is 0. The van der Waals surface area contributed by atoms with Gasteiger partial charge in [0.2, 0.25) is 0 Å². The number of ether oxygens (including phenoxy) is 4. The summed E-state index contributed by atoms with van der Waals surface area (Å²) >= 11 is 1.23. The van der Waals surface area contributed by atoms with E-state index in [9.17, 15) is 19.5 Å². The van der Waals surface area contributed by atoms with Crippen molar-refractivity contribution in [3.63, 3.8) is 0 Å². The molecule has 5 rings (SSSR count). The fourth-order valence-electron chi connectivity index (χ4n) is 4.45. The highest BCUT2D eigenvalue weighted by molar-refractivity contribution is 7.99. The van der Waals surface area contributed by atoms with Gasteiger partial charge >= 0.3 is 17.9 Å². The summed E-state index contributed by atoms with van der Waals surface area (Å²) in [6.07, 6.45) is -4.97. The Labute approximate surface area is 247 Å². The van der Waals surface area contributed by atoms with Crippen LogP contribution in [0.5, 0.6) is 0 Å². The van der Waals surface area contributed by atoms with Gasteiger partial charge in [0.15, 0.2) is 18.3 Å². The number of benzene rings is 4. The third kappa shape index (κ3) is 7.06. The van der Waals surface area contributed by atoms with Gasteiger partial charge in [-0.15, -0.1) is 0 Å². The highest BCUT2D eigenvalue weighted by Crippen LogP contribution is 2.38. The Morgan fingerprint density at radius 3 is 1.38 bits per heavy atom. The first-order valence-corrected chi connectivity index (χ1v) is 14.2. The molecule has 5 atom stereocenters. The first-order valence-electron chi connectivity index (χ1n) is 13.3. The summed E-state index contributed by atoms with van der Waals surface area (Å²) in [6.45, 7) is -0.558. The summed E-state index contributed by atoms with van der Waals surface area (Å²) < 4.78 is 24.0. The van der Waals surface area contributed by atoms with Crippen molar-refractivity contribution in [2.45, 2.75) is 34.7 Å². The van der Waals surface area contributed by atoms with Crippen LogP contribution >= 0.6 is 11.8 Å². The molecule has 4 aromatic carbocycles. The van der Waals surface area contributed by atoms with Crippen molar-refractivity contribution in [2.75, 3.05) is 6.61 Å². The standard InChI is InChI=1S/C33H28O8S/c34-21-26-27(39-30(35)22-13-5-1-6-14-22)28(40-31(36)23-15-7-2-8-16-23)29(41-32(37)24-17-9-3-10-18-24)33(38-26)42-25-19-11-4-12-20-25/h1-20,26-29,33-34H,21H2/t26-,27+,28+,29-,33+/m1/s1. The first-order chi connectivity index (χ1) is 20.5. The Morgan fingerprint density at radius 2 is 0.952 bits per heavy atom. The average molecular weight is 585 g/mol. The number of aliphatic hydroxyl groups excluding tert-OH is 1. The predicted octanol–water partition coefficient (Wildman–Crippen LogP) is 5.17. The van der Waals surface area contributed by atoms with Crippen LogP contribution in [-0.2, 0) is 18.9 Å². The van der Waals surface area contributed by atoms with Crippen molar-refractivity contribution in [3.05, 3.63) is 138 Å². The van der Waals surface area contributed by atoms with E-state index < -0.39 is 54.4 Å². The normalized spacial score (nSPS) is 21.6. The number of esters is 3. The molecular weight excluding hydrogens is 556 g/mol. The van der Waals surface area contributed by atoms with Crippen molar-refractivity contribution < 1.29 is 38.4 Å². The van der Waals surface area contributed by atoms with Crippen LogP contribution in [0.25, 0.3) is 0 Å². The maximum Gasteiger partial charge on any atom is 0.338 e. The summed E-state index contributed by atoms with van der Waals surface area (Å²) in [4.78, 5) is 40.7. The van der Waals surface area contributed by atoms with Gasteiger partial charge in [0, 0.05) is 4.90 Å². The van der Waals surface area contributed by atoms with Gasteiger partial charge in [0.25, 0.3) is 0 Å². The van der Waals surface area contributed by atoms with Crippen molar-refractivity contribution in [3.8, 4) is 0 Å². The smallest absolute Gasteiger partial charge is 0.338 e. The average Bonchev–Trinajstić information content (AvgIpc) is 3.05. The number of hydrogen-bond acceptors (Lipinski definition) is 9.